The molecule has 1 N–H and O–H groups in total. The number of aromatic carboxylic acids is 1. The molecule has 2 aromatic rings. The molecule has 0 amide bonds. The Labute approximate surface area is 101 Å². The zero-order valence-corrected chi connectivity index (χ0v) is 9.14. The van der Waals surface area contributed by atoms with Crippen molar-refractivity contribution in [2.45, 2.75) is 6.43 Å². The van der Waals surface area contributed by atoms with Crippen molar-refractivity contribution < 1.29 is 23.4 Å². The zero-order chi connectivity index (χ0) is 13.1. The van der Waals surface area contributed by atoms with Gasteiger partial charge in [-0.25, -0.2) is 13.6 Å². The van der Waals surface area contributed by atoms with Gasteiger partial charge in [0, 0.05) is 11.6 Å². The van der Waals surface area contributed by atoms with E-state index in [-0.39, 0.29) is 11.3 Å². The van der Waals surface area contributed by atoms with Crippen LogP contribution in [-0.4, -0.2) is 29.1 Å². The van der Waals surface area contributed by atoms with Crippen molar-refractivity contribution in [2.75, 3.05) is 6.61 Å². The summed E-state index contributed by atoms with van der Waals surface area (Å²) >= 11 is 0. The summed E-state index contributed by atoms with van der Waals surface area (Å²) in [4.78, 5) is 14.8. The van der Waals surface area contributed by atoms with Crippen molar-refractivity contribution in [3.63, 3.8) is 0 Å². The van der Waals surface area contributed by atoms with Crippen molar-refractivity contribution in [1.29, 1.82) is 0 Å². The number of alkyl halides is 2. The molecule has 4 nitrogen and oxygen atoms in total. The summed E-state index contributed by atoms with van der Waals surface area (Å²) < 4.78 is 29.1. The molecule has 1 aromatic heterocycles. The fourth-order valence-corrected chi connectivity index (χ4v) is 1.53. The second kappa shape index (κ2) is 4.95. The van der Waals surface area contributed by atoms with Crippen molar-refractivity contribution in [3.8, 4) is 5.75 Å². The largest absolute Gasteiger partial charge is 0.487 e. The number of hydrogen-bond donors (Lipinski definition) is 1. The van der Waals surface area contributed by atoms with Crippen LogP contribution in [-0.2, 0) is 0 Å². The maximum Gasteiger partial charge on any atom is 0.335 e. The standard InChI is InChI=1S/C12H9F2NO3/c13-11(14)6-18-10-3-4-15-9-2-1-7(12(16)17)5-8(9)10/h1-5,11H,6H2,(H,16,17). The minimum Gasteiger partial charge on any atom is -0.487 e. The Bertz CT molecular complexity index is 587. The average Bonchev–Trinajstić information content (AvgIpc) is 2.35. The maximum atomic E-state index is 12.1. The van der Waals surface area contributed by atoms with Crippen molar-refractivity contribution in [1.82, 2.24) is 4.98 Å². The molecular weight excluding hydrogens is 244 g/mol. The summed E-state index contributed by atoms with van der Waals surface area (Å²) in [6.07, 6.45) is -1.17. The monoisotopic (exact) mass is 253 g/mol. The van der Waals surface area contributed by atoms with Crippen LogP contribution in [0.3, 0.4) is 0 Å². The Morgan fingerprint density at radius 3 is 2.83 bits per heavy atom. The van der Waals surface area contributed by atoms with Gasteiger partial charge in [-0.2, -0.15) is 0 Å². The number of carboxylic acid groups (broad SMARTS) is 1. The molecule has 18 heavy (non-hydrogen) atoms. The van der Waals surface area contributed by atoms with E-state index in [1.54, 1.807) is 0 Å². The summed E-state index contributed by atoms with van der Waals surface area (Å²) in [5.41, 5.74) is 0.546. The first kappa shape index (κ1) is 12.2. The SMILES string of the molecule is O=C(O)c1ccc2nccc(OCC(F)F)c2c1. The molecule has 0 saturated carbocycles. The third-order valence-corrected chi connectivity index (χ3v) is 2.31. The van der Waals surface area contributed by atoms with E-state index in [0.717, 1.165) is 0 Å². The lowest BCUT2D eigenvalue weighted by atomic mass is 10.1. The molecule has 0 radical (unpaired) electrons. The Hall–Kier alpha value is -2.24. The molecule has 0 saturated heterocycles. The number of benzene rings is 1. The van der Waals surface area contributed by atoms with E-state index in [9.17, 15) is 13.6 Å². The van der Waals surface area contributed by atoms with Crippen LogP contribution >= 0.6 is 0 Å². The molecule has 0 fully saturated rings. The van der Waals surface area contributed by atoms with Gasteiger partial charge in [-0.3, -0.25) is 4.98 Å². The number of aromatic nitrogens is 1. The van der Waals surface area contributed by atoms with Crippen LogP contribution in [0.2, 0.25) is 0 Å². The van der Waals surface area contributed by atoms with E-state index in [0.29, 0.717) is 10.9 Å². The highest BCUT2D eigenvalue weighted by Crippen LogP contribution is 2.25. The molecule has 1 aromatic carbocycles. The summed E-state index contributed by atoms with van der Waals surface area (Å²) in [5.74, 6) is -0.899. The van der Waals surface area contributed by atoms with Crippen LogP contribution in [0, 0.1) is 0 Å². The predicted molar refractivity (Wildman–Crippen MR) is 60.2 cm³/mol. The van der Waals surface area contributed by atoms with Crippen LogP contribution in [0.4, 0.5) is 8.78 Å². The number of halogens is 2. The highest BCUT2D eigenvalue weighted by molar-refractivity contribution is 5.95. The van der Waals surface area contributed by atoms with E-state index in [1.165, 1.54) is 30.5 Å². The first-order chi connectivity index (χ1) is 8.58. The average molecular weight is 253 g/mol. The molecule has 0 spiro atoms. The van der Waals surface area contributed by atoms with Crippen LogP contribution in [0.25, 0.3) is 10.9 Å². The van der Waals surface area contributed by atoms with Gasteiger partial charge >= 0.3 is 5.97 Å². The summed E-state index contributed by atoms with van der Waals surface area (Å²) in [6.45, 7) is -0.740. The lowest BCUT2D eigenvalue weighted by Crippen LogP contribution is -2.07. The Kier molecular flexibility index (Phi) is 3.36. The molecular formula is C12H9F2NO3. The first-order valence-electron chi connectivity index (χ1n) is 5.11. The molecule has 6 heteroatoms. The molecule has 1 heterocycles. The first-order valence-corrected chi connectivity index (χ1v) is 5.11. The van der Waals surface area contributed by atoms with Gasteiger partial charge in [-0.15, -0.1) is 0 Å². The lowest BCUT2D eigenvalue weighted by molar-refractivity contribution is 0.0696. The normalized spacial score (nSPS) is 10.8. The third kappa shape index (κ3) is 2.53. The predicted octanol–water partition coefficient (Wildman–Crippen LogP) is 2.58. The highest BCUT2D eigenvalue weighted by Gasteiger charge is 2.10. The minimum absolute atomic E-state index is 0.0531. The smallest absolute Gasteiger partial charge is 0.335 e. The fourth-order valence-electron chi connectivity index (χ4n) is 1.53. The maximum absolute atomic E-state index is 12.1. The minimum atomic E-state index is -2.59. The molecule has 0 unspecified atom stereocenters. The fraction of sp³-hybridized carbons (Fsp3) is 0.167. The van der Waals surface area contributed by atoms with Crippen LogP contribution in [0.1, 0.15) is 10.4 Å². The van der Waals surface area contributed by atoms with E-state index in [4.69, 9.17) is 9.84 Å². The summed E-state index contributed by atoms with van der Waals surface area (Å²) in [7, 11) is 0. The topological polar surface area (TPSA) is 59.4 Å². The van der Waals surface area contributed by atoms with E-state index < -0.39 is 19.0 Å². The van der Waals surface area contributed by atoms with Crippen LogP contribution < -0.4 is 4.74 Å². The molecule has 94 valence electrons. The van der Waals surface area contributed by atoms with Gasteiger partial charge in [-0.1, -0.05) is 0 Å². The van der Waals surface area contributed by atoms with Crippen LogP contribution in [0.5, 0.6) is 5.75 Å². The quantitative estimate of drug-likeness (QED) is 0.909. The van der Waals surface area contributed by atoms with Crippen LogP contribution in [0.15, 0.2) is 30.5 Å². The van der Waals surface area contributed by atoms with Gasteiger partial charge in [0.25, 0.3) is 6.43 Å². The number of carbonyl (C=O) groups is 1. The second-order valence-electron chi connectivity index (χ2n) is 3.55. The van der Waals surface area contributed by atoms with Crippen molar-refractivity contribution in [3.05, 3.63) is 36.0 Å². The molecule has 0 bridgehead atoms. The lowest BCUT2D eigenvalue weighted by Gasteiger charge is -2.08. The Morgan fingerprint density at radius 1 is 1.39 bits per heavy atom. The number of rotatable bonds is 4. The third-order valence-electron chi connectivity index (χ3n) is 2.31. The van der Waals surface area contributed by atoms with Gasteiger partial charge in [0.2, 0.25) is 0 Å². The van der Waals surface area contributed by atoms with Gasteiger partial charge in [0.1, 0.15) is 12.4 Å². The Balaban J connectivity index is 2.45. The summed E-state index contributed by atoms with van der Waals surface area (Å²) in [6, 6.07) is 5.68. The summed E-state index contributed by atoms with van der Waals surface area (Å²) in [5, 5.41) is 9.27. The number of pyridine rings is 1. The molecule has 0 aliphatic heterocycles. The zero-order valence-electron chi connectivity index (χ0n) is 9.14. The number of nitrogens with zero attached hydrogens (tertiary/aromatic N) is 1. The van der Waals surface area contributed by atoms with Gasteiger partial charge in [0.05, 0.1) is 11.1 Å². The van der Waals surface area contributed by atoms with Gasteiger partial charge < -0.3 is 9.84 Å². The number of fused-ring (bicyclic) bond motifs is 1. The highest BCUT2D eigenvalue weighted by atomic mass is 19.3. The van der Waals surface area contributed by atoms with Gasteiger partial charge in [-0.05, 0) is 24.3 Å². The molecule has 0 aliphatic carbocycles. The number of ether oxygens (including phenoxy) is 1. The van der Waals surface area contributed by atoms with Crippen molar-refractivity contribution >= 4 is 16.9 Å². The molecule has 2 rings (SSSR count). The molecule has 0 aliphatic rings. The van der Waals surface area contributed by atoms with Gasteiger partial charge in [0.15, 0.2) is 0 Å². The number of carboxylic acids is 1. The molecule has 0 atom stereocenters. The van der Waals surface area contributed by atoms with Crippen molar-refractivity contribution in [2.24, 2.45) is 0 Å². The number of hydrogen-bond acceptors (Lipinski definition) is 3. The Morgan fingerprint density at radius 2 is 2.17 bits per heavy atom. The van der Waals surface area contributed by atoms with E-state index in [1.807, 2.05) is 0 Å². The van der Waals surface area contributed by atoms with E-state index >= 15 is 0 Å². The second-order valence-corrected chi connectivity index (χ2v) is 3.55. The van der Waals surface area contributed by atoms with E-state index in [2.05, 4.69) is 4.98 Å².